The molecule has 0 unspecified atom stereocenters. The number of hydrogen-bond donors (Lipinski definition) is 1. The van der Waals surface area contributed by atoms with E-state index in [4.69, 9.17) is 5.73 Å². The molecule has 0 heterocycles. The first-order valence-corrected chi connectivity index (χ1v) is 4.29. The molecule has 0 spiro atoms. The van der Waals surface area contributed by atoms with Crippen LogP contribution in [0.25, 0.3) is 0 Å². The Balaban J connectivity index is 2.81. The maximum Gasteiger partial charge on any atom is 0.187 e. The number of ketones is 1. The van der Waals surface area contributed by atoms with Crippen LogP contribution < -0.4 is 5.73 Å². The molecular weight excluding hydrogens is 162 g/mol. The number of benzene rings is 1. The monoisotopic (exact) mass is 175 g/mol. The fraction of sp³-hybridized carbons (Fsp3) is 0.182. The van der Waals surface area contributed by atoms with Gasteiger partial charge in [-0.15, -0.1) is 0 Å². The van der Waals surface area contributed by atoms with Crippen molar-refractivity contribution in [2.75, 3.05) is 0 Å². The van der Waals surface area contributed by atoms with Crippen molar-refractivity contribution in [3.8, 4) is 0 Å². The highest BCUT2D eigenvalue weighted by atomic mass is 16.1. The molecule has 2 nitrogen and oxygen atoms in total. The Bertz CT molecular complexity index is 314. The third-order valence-corrected chi connectivity index (χ3v) is 1.78. The van der Waals surface area contributed by atoms with E-state index in [1.807, 2.05) is 25.1 Å². The molecule has 1 aromatic rings. The Morgan fingerprint density at radius 2 is 2.00 bits per heavy atom. The predicted molar refractivity (Wildman–Crippen MR) is 53.3 cm³/mol. The summed E-state index contributed by atoms with van der Waals surface area (Å²) in [6, 6.07) is 9.11. The minimum atomic E-state index is -0.0278. The molecule has 0 aliphatic heterocycles. The standard InChI is InChI=1S/C11H13NO/c1-2-10(12)8-11(13)9-6-4-3-5-7-9/h3-8H,2,12H2,1H3/b10-8+. The smallest absolute Gasteiger partial charge is 0.187 e. The van der Waals surface area contributed by atoms with Crippen molar-refractivity contribution >= 4 is 5.78 Å². The van der Waals surface area contributed by atoms with Crippen LogP contribution in [0.2, 0.25) is 0 Å². The maximum atomic E-state index is 11.5. The second-order valence-corrected chi connectivity index (χ2v) is 2.80. The average Bonchev–Trinajstić information content (AvgIpc) is 2.19. The van der Waals surface area contributed by atoms with Crippen molar-refractivity contribution in [3.63, 3.8) is 0 Å². The first kappa shape index (κ1) is 9.52. The Labute approximate surface area is 78.1 Å². The molecule has 1 rings (SSSR count). The lowest BCUT2D eigenvalue weighted by Gasteiger charge is -1.96. The number of carbonyl (C=O) groups excluding carboxylic acids is 1. The summed E-state index contributed by atoms with van der Waals surface area (Å²) in [5.74, 6) is -0.0278. The van der Waals surface area contributed by atoms with Crippen LogP contribution in [0.5, 0.6) is 0 Å². The zero-order valence-electron chi connectivity index (χ0n) is 7.66. The molecule has 68 valence electrons. The predicted octanol–water partition coefficient (Wildman–Crippen LogP) is 2.12. The van der Waals surface area contributed by atoms with Gasteiger partial charge < -0.3 is 5.73 Å². The van der Waals surface area contributed by atoms with Crippen LogP contribution in [-0.2, 0) is 0 Å². The van der Waals surface area contributed by atoms with E-state index >= 15 is 0 Å². The van der Waals surface area contributed by atoms with E-state index in [1.54, 1.807) is 12.1 Å². The summed E-state index contributed by atoms with van der Waals surface area (Å²) in [5.41, 5.74) is 6.85. The number of rotatable bonds is 3. The van der Waals surface area contributed by atoms with Crippen molar-refractivity contribution in [3.05, 3.63) is 47.7 Å². The fourth-order valence-corrected chi connectivity index (χ4v) is 0.956. The van der Waals surface area contributed by atoms with E-state index in [2.05, 4.69) is 0 Å². The Morgan fingerprint density at radius 1 is 1.38 bits per heavy atom. The van der Waals surface area contributed by atoms with Gasteiger partial charge in [-0.1, -0.05) is 37.3 Å². The third kappa shape index (κ3) is 2.75. The molecule has 1 aromatic carbocycles. The molecule has 13 heavy (non-hydrogen) atoms. The Kier molecular flexibility index (Phi) is 3.26. The van der Waals surface area contributed by atoms with Crippen molar-refractivity contribution in [1.29, 1.82) is 0 Å². The first-order valence-electron chi connectivity index (χ1n) is 4.29. The molecule has 0 aromatic heterocycles. The van der Waals surface area contributed by atoms with Crippen LogP contribution in [0.1, 0.15) is 23.7 Å². The lowest BCUT2D eigenvalue weighted by Crippen LogP contribution is -2.01. The van der Waals surface area contributed by atoms with E-state index in [0.29, 0.717) is 17.7 Å². The molecule has 0 aliphatic rings. The van der Waals surface area contributed by atoms with Crippen LogP contribution >= 0.6 is 0 Å². The van der Waals surface area contributed by atoms with Crippen LogP contribution in [0.4, 0.5) is 0 Å². The summed E-state index contributed by atoms with van der Waals surface area (Å²) in [6.45, 7) is 1.92. The number of allylic oxidation sites excluding steroid dienone is 2. The molecule has 2 N–H and O–H groups in total. The van der Waals surface area contributed by atoms with Gasteiger partial charge in [0.25, 0.3) is 0 Å². The number of carbonyl (C=O) groups is 1. The highest BCUT2D eigenvalue weighted by molar-refractivity contribution is 6.04. The zero-order chi connectivity index (χ0) is 9.68. The van der Waals surface area contributed by atoms with Gasteiger partial charge in [-0.25, -0.2) is 0 Å². The normalized spacial score (nSPS) is 11.3. The fourth-order valence-electron chi connectivity index (χ4n) is 0.956. The average molecular weight is 175 g/mol. The van der Waals surface area contributed by atoms with Gasteiger partial charge in [0.2, 0.25) is 0 Å². The molecule has 0 fully saturated rings. The topological polar surface area (TPSA) is 43.1 Å². The van der Waals surface area contributed by atoms with Crippen LogP contribution in [0.15, 0.2) is 42.1 Å². The van der Waals surface area contributed by atoms with Crippen molar-refractivity contribution < 1.29 is 4.79 Å². The van der Waals surface area contributed by atoms with Gasteiger partial charge in [0.1, 0.15) is 0 Å². The molecule has 0 saturated carbocycles. The van der Waals surface area contributed by atoms with Crippen LogP contribution in [0.3, 0.4) is 0 Å². The summed E-state index contributed by atoms with van der Waals surface area (Å²) in [6.07, 6.45) is 2.19. The summed E-state index contributed by atoms with van der Waals surface area (Å²) in [5, 5.41) is 0. The molecule has 0 aliphatic carbocycles. The first-order chi connectivity index (χ1) is 6.24. The number of hydrogen-bond acceptors (Lipinski definition) is 2. The number of nitrogens with two attached hydrogens (primary N) is 1. The highest BCUT2D eigenvalue weighted by Gasteiger charge is 2.00. The Morgan fingerprint density at radius 3 is 2.54 bits per heavy atom. The molecular formula is C11H13NO. The molecule has 0 bridgehead atoms. The minimum Gasteiger partial charge on any atom is -0.402 e. The lowest BCUT2D eigenvalue weighted by atomic mass is 10.1. The maximum absolute atomic E-state index is 11.5. The van der Waals surface area contributed by atoms with Gasteiger partial charge in [-0.3, -0.25) is 4.79 Å². The summed E-state index contributed by atoms with van der Waals surface area (Å²) in [4.78, 5) is 11.5. The van der Waals surface area contributed by atoms with Gasteiger partial charge in [0, 0.05) is 17.3 Å². The molecule has 0 atom stereocenters. The van der Waals surface area contributed by atoms with E-state index < -0.39 is 0 Å². The minimum absolute atomic E-state index is 0.0278. The molecule has 2 heteroatoms. The van der Waals surface area contributed by atoms with E-state index in [0.717, 1.165) is 0 Å². The van der Waals surface area contributed by atoms with Crippen LogP contribution in [0, 0.1) is 0 Å². The van der Waals surface area contributed by atoms with Crippen molar-refractivity contribution in [1.82, 2.24) is 0 Å². The molecule has 0 saturated heterocycles. The lowest BCUT2D eigenvalue weighted by molar-refractivity contribution is 0.104. The Hall–Kier alpha value is -1.57. The second-order valence-electron chi connectivity index (χ2n) is 2.80. The van der Waals surface area contributed by atoms with Crippen LogP contribution in [-0.4, -0.2) is 5.78 Å². The molecule has 0 radical (unpaired) electrons. The third-order valence-electron chi connectivity index (χ3n) is 1.78. The summed E-state index contributed by atoms with van der Waals surface area (Å²) < 4.78 is 0. The summed E-state index contributed by atoms with van der Waals surface area (Å²) in [7, 11) is 0. The van der Waals surface area contributed by atoms with Gasteiger partial charge in [-0.2, -0.15) is 0 Å². The van der Waals surface area contributed by atoms with E-state index in [9.17, 15) is 4.79 Å². The SMILES string of the molecule is CC/C(N)=C\C(=O)c1ccccc1. The second kappa shape index (κ2) is 4.45. The molecule has 0 amide bonds. The summed E-state index contributed by atoms with van der Waals surface area (Å²) >= 11 is 0. The van der Waals surface area contributed by atoms with Crippen molar-refractivity contribution in [2.45, 2.75) is 13.3 Å². The van der Waals surface area contributed by atoms with Crippen molar-refractivity contribution in [2.24, 2.45) is 5.73 Å². The van der Waals surface area contributed by atoms with E-state index in [1.165, 1.54) is 6.08 Å². The highest BCUT2D eigenvalue weighted by Crippen LogP contribution is 2.02. The van der Waals surface area contributed by atoms with Gasteiger partial charge in [0.05, 0.1) is 0 Å². The van der Waals surface area contributed by atoms with E-state index in [-0.39, 0.29) is 5.78 Å². The van der Waals surface area contributed by atoms with Gasteiger partial charge in [-0.05, 0) is 6.42 Å². The largest absolute Gasteiger partial charge is 0.402 e. The zero-order valence-corrected chi connectivity index (χ0v) is 7.66. The van der Waals surface area contributed by atoms with Gasteiger partial charge >= 0.3 is 0 Å². The van der Waals surface area contributed by atoms with Gasteiger partial charge in [0.15, 0.2) is 5.78 Å². The quantitative estimate of drug-likeness (QED) is 0.564.